The van der Waals surface area contributed by atoms with Crippen molar-refractivity contribution in [2.45, 2.75) is 45.8 Å². The van der Waals surface area contributed by atoms with E-state index in [4.69, 9.17) is 14.2 Å². The van der Waals surface area contributed by atoms with Crippen molar-refractivity contribution >= 4 is 11.9 Å². The number of carbonyl (C=O) groups is 2. The highest BCUT2D eigenvalue weighted by atomic mass is 16.6. The van der Waals surface area contributed by atoms with Crippen LogP contribution in [0.25, 0.3) is 0 Å². The Morgan fingerprint density at radius 3 is 2.12 bits per heavy atom. The van der Waals surface area contributed by atoms with Crippen molar-refractivity contribution in [2.24, 2.45) is 0 Å². The van der Waals surface area contributed by atoms with Gasteiger partial charge in [0, 0.05) is 21.0 Å². The van der Waals surface area contributed by atoms with Crippen LogP contribution in [0.15, 0.2) is 0 Å². The molecule has 0 radical (unpaired) electrons. The second-order valence-electron chi connectivity index (χ2n) is 3.51. The fraction of sp³-hybridized carbons (Fsp3) is 0.818. The summed E-state index contributed by atoms with van der Waals surface area (Å²) < 4.78 is 15.1. The zero-order valence-corrected chi connectivity index (χ0v) is 10.3. The molecule has 0 aromatic heterocycles. The Morgan fingerprint density at radius 2 is 1.75 bits per heavy atom. The summed E-state index contributed by atoms with van der Waals surface area (Å²) in [6.45, 7) is 4.76. The zero-order valence-electron chi connectivity index (χ0n) is 10.3. The molecule has 0 spiro atoms. The molecule has 0 saturated carbocycles. The SMILES string of the molecule is CCC[C@@H](OC(C)=O)[C@H](COC(C)=O)OC. The summed E-state index contributed by atoms with van der Waals surface area (Å²) in [6.07, 6.45) is 0.761. The molecular formula is C11H20O5. The lowest BCUT2D eigenvalue weighted by atomic mass is 10.1. The molecule has 0 rings (SSSR count). The van der Waals surface area contributed by atoms with Crippen LogP contribution < -0.4 is 0 Å². The third kappa shape index (κ3) is 6.40. The van der Waals surface area contributed by atoms with Gasteiger partial charge >= 0.3 is 11.9 Å². The number of esters is 2. The van der Waals surface area contributed by atoms with Crippen LogP contribution in [0.1, 0.15) is 33.6 Å². The molecule has 0 unspecified atom stereocenters. The first-order valence-electron chi connectivity index (χ1n) is 5.34. The molecule has 5 nitrogen and oxygen atoms in total. The van der Waals surface area contributed by atoms with Gasteiger partial charge in [0.2, 0.25) is 0 Å². The molecular weight excluding hydrogens is 212 g/mol. The van der Waals surface area contributed by atoms with E-state index in [1.807, 2.05) is 6.92 Å². The molecule has 0 aliphatic heterocycles. The summed E-state index contributed by atoms with van der Waals surface area (Å²) in [5.41, 5.74) is 0. The van der Waals surface area contributed by atoms with Gasteiger partial charge in [-0.2, -0.15) is 0 Å². The lowest BCUT2D eigenvalue weighted by Crippen LogP contribution is -2.36. The Kier molecular flexibility index (Phi) is 7.54. The van der Waals surface area contributed by atoms with Crippen molar-refractivity contribution in [3.05, 3.63) is 0 Å². The van der Waals surface area contributed by atoms with Gasteiger partial charge in [-0.3, -0.25) is 9.59 Å². The van der Waals surface area contributed by atoms with E-state index < -0.39 is 6.10 Å². The average molecular weight is 232 g/mol. The number of hydrogen-bond acceptors (Lipinski definition) is 5. The van der Waals surface area contributed by atoms with Crippen molar-refractivity contribution in [2.75, 3.05) is 13.7 Å². The molecule has 0 saturated heterocycles. The van der Waals surface area contributed by atoms with Crippen molar-refractivity contribution in [1.82, 2.24) is 0 Å². The fourth-order valence-corrected chi connectivity index (χ4v) is 1.35. The van der Waals surface area contributed by atoms with Crippen LogP contribution in [0.3, 0.4) is 0 Å². The van der Waals surface area contributed by atoms with Gasteiger partial charge in [-0.05, 0) is 6.42 Å². The molecule has 5 heteroatoms. The summed E-state index contributed by atoms with van der Waals surface area (Å²) in [6, 6.07) is 0. The van der Waals surface area contributed by atoms with Gasteiger partial charge in [-0.25, -0.2) is 0 Å². The summed E-state index contributed by atoms with van der Waals surface area (Å²) in [7, 11) is 1.50. The van der Waals surface area contributed by atoms with Crippen LogP contribution in [0, 0.1) is 0 Å². The second kappa shape index (κ2) is 8.10. The van der Waals surface area contributed by atoms with Crippen molar-refractivity contribution in [1.29, 1.82) is 0 Å². The highest BCUT2D eigenvalue weighted by Gasteiger charge is 2.24. The maximum absolute atomic E-state index is 10.9. The van der Waals surface area contributed by atoms with E-state index in [-0.39, 0.29) is 24.6 Å². The summed E-state index contributed by atoms with van der Waals surface area (Å²) in [5, 5.41) is 0. The smallest absolute Gasteiger partial charge is 0.302 e. The normalized spacial score (nSPS) is 14.0. The molecule has 0 bridgehead atoms. The average Bonchev–Trinajstić information content (AvgIpc) is 2.17. The highest BCUT2D eigenvalue weighted by molar-refractivity contribution is 5.66. The maximum atomic E-state index is 10.9. The van der Waals surface area contributed by atoms with Crippen molar-refractivity contribution < 1.29 is 23.8 Å². The van der Waals surface area contributed by atoms with E-state index in [1.165, 1.54) is 21.0 Å². The van der Waals surface area contributed by atoms with E-state index in [1.54, 1.807) is 0 Å². The molecule has 0 N–H and O–H groups in total. The molecule has 0 aromatic carbocycles. The number of hydrogen-bond donors (Lipinski definition) is 0. The third-order valence-corrected chi connectivity index (χ3v) is 2.06. The molecule has 0 fully saturated rings. The first-order chi connectivity index (χ1) is 7.51. The minimum absolute atomic E-state index is 0.101. The van der Waals surface area contributed by atoms with Gasteiger partial charge in [0.15, 0.2) is 0 Å². The molecule has 2 atom stereocenters. The molecule has 94 valence electrons. The Morgan fingerprint density at radius 1 is 1.12 bits per heavy atom. The Balaban J connectivity index is 4.31. The Labute approximate surface area is 96.1 Å². The van der Waals surface area contributed by atoms with E-state index >= 15 is 0 Å². The predicted molar refractivity (Wildman–Crippen MR) is 57.9 cm³/mol. The topological polar surface area (TPSA) is 61.8 Å². The molecule has 16 heavy (non-hydrogen) atoms. The second-order valence-corrected chi connectivity index (χ2v) is 3.51. The van der Waals surface area contributed by atoms with Crippen LogP contribution in [0.5, 0.6) is 0 Å². The van der Waals surface area contributed by atoms with Crippen molar-refractivity contribution in [3.63, 3.8) is 0 Å². The Bertz CT molecular complexity index is 226. The van der Waals surface area contributed by atoms with Gasteiger partial charge in [0.1, 0.15) is 18.8 Å². The summed E-state index contributed by atoms with van der Waals surface area (Å²) >= 11 is 0. The zero-order chi connectivity index (χ0) is 12.6. The monoisotopic (exact) mass is 232 g/mol. The van der Waals surface area contributed by atoms with Gasteiger partial charge in [0.05, 0.1) is 0 Å². The van der Waals surface area contributed by atoms with Crippen LogP contribution in [0.2, 0.25) is 0 Å². The number of rotatable bonds is 7. The number of methoxy groups -OCH3 is 1. The van der Waals surface area contributed by atoms with E-state index in [0.29, 0.717) is 6.42 Å². The minimum Gasteiger partial charge on any atom is -0.463 e. The molecule has 0 aromatic rings. The quantitative estimate of drug-likeness (QED) is 0.619. The number of ether oxygens (including phenoxy) is 3. The molecule has 0 heterocycles. The van der Waals surface area contributed by atoms with Crippen molar-refractivity contribution in [3.8, 4) is 0 Å². The van der Waals surface area contributed by atoms with E-state index in [2.05, 4.69) is 0 Å². The van der Waals surface area contributed by atoms with Gasteiger partial charge in [-0.1, -0.05) is 13.3 Å². The lowest BCUT2D eigenvalue weighted by Gasteiger charge is -2.24. The fourth-order valence-electron chi connectivity index (χ4n) is 1.35. The third-order valence-electron chi connectivity index (χ3n) is 2.06. The van der Waals surface area contributed by atoms with Gasteiger partial charge in [0.25, 0.3) is 0 Å². The first kappa shape index (κ1) is 14.9. The van der Waals surface area contributed by atoms with Crippen LogP contribution in [-0.4, -0.2) is 37.9 Å². The van der Waals surface area contributed by atoms with Gasteiger partial charge < -0.3 is 14.2 Å². The van der Waals surface area contributed by atoms with Gasteiger partial charge in [-0.15, -0.1) is 0 Å². The van der Waals surface area contributed by atoms with Crippen LogP contribution in [-0.2, 0) is 23.8 Å². The lowest BCUT2D eigenvalue weighted by molar-refractivity contribution is -0.161. The van der Waals surface area contributed by atoms with Crippen LogP contribution >= 0.6 is 0 Å². The molecule has 0 aliphatic rings. The summed E-state index contributed by atoms with van der Waals surface area (Å²) in [5.74, 6) is -0.733. The predicted octanol–water partition coefficient (Wildman–Crippen LogP) is 1.30. The molecule has 0 amide bonds. The standard InChI is InChI=1S/C11H20O5/c1-5-6-10(16-9(3)13)11(14-4)7-15-8(2)12/h10-11H,5-7H2,1-4H3/t10-,11+/m1/s1. The minimum atomic E-state index is -0.409. The van der Waals surface area contributed by atoms with E-state index in [0.717, 1.165) is 6.42 Å². The van der Waals surface area contributed by atoms with E-state index in [9.17, 15) is 9.59 Å². The largest absolute Gasteiger partial charge is 0.463 e. The molecule has 0 aliphatic carbocycles. The highest BCUT2D eigenvalue weighted by Crippen LogP contribution is 2.11. The first-order valence-corrected chi connectivity index (χ1v) is 5.34. The summed E-state index contributed by atoms with van der Waals surface area (Å²) in [4.78, 5) is 21.6. The number of carbonyl (C=O) groups excluding carboxylic acids is 2. The Hall–Kier alpha value is -1.10. The van der Waals surface area contributed by atoms with Crippen LogP contribution in [0.4, 0.5) is 0 Å². The maximum Gasteiger partial charge on any atom is 0.302 e.